The van der Waals surface area contributed by atoms with E-state index in [1.807, 2.05) is 0 Å². The van der Waals surface area contributed by atoms with Gasteiger partial charge in [0, 0.05) is 5.92 Å². The van der Waals surface area contributed by atoms with Crippen molar-refractivity contribution in [1.82, 2.24) is 0 Å². The van der Waals surface area contributed by atoms with Gasteiger partial charge < -0.3 is 15.1 Å². The van der Waals surface area contributed by atoms with Crippen molar-refractivity contribution in [3.8, 4) is 5.75 Å². The number of oxime groups is 1. The number of halogens is 2. The largest absolute Gasteiger partial charge is 0.480 e. The molecule has 22 heavy (non-hydrogen) atoms. The monoisotopic (exact) mass is 345 g/mol. The van der Waals surface area contributed by atoms with Crippen molar-refractivity contribution in [2.45, 2.75) is 32.6 Å². The molecule has 120 valence electrons. The van der Waals surface area contributed by atoms with Crippen molar-refractivity contribution in [2.75, 3.05) is 6.61 Å². The van der Waals surface area contributed by atoms with Crippen molar-refractivity contribution in [3.63, 3.8) is 0 Å². The number of hydrogen-bond acceptors (Lipinski definition) is 4. The Bertz CT molecular complexity index is 632. The fourth-order valence-corrected chi connectivity index (χ4v) is 3.50. The van der Waals surface area contributed by atoms with E-state index in [9.17, 15) is 4.79 Å². The summed E-state index contributed by atoms with van der Waals surface area (Å²) < 4.78 is 5.20. The summed E-state index contributed by atoms with van der Waals surface area (Å²) in [6.07, 6.45) is 3.04. The first-order valence-electron chi connectivity index (χ1n) is 6.87. The van der Waals surface area contributed by atoms with Crippen molar-refractivity contribution in [1.29, 1.82) is 0 Å². The Morgan fingerprint density at radius 1 is 1.55 bits per heavy atom. The molecule has 2 rings (SSSR count). The first-order valence-corrected chi connectivity index (χ1v) is 7.62. The Kier molecular flexibility index (Phi) is 4.87. The molecule has 0 aromatic heterocycles. The van der Waals surface area contributed by atoms with Gasteiger partial charge in [0.25, 0.3) is 0 Å². The number of benzene rings is 1. The number of carbonyl (C=O) groups is 1. The predicted octanol–water partition coefficient (Wildman–Crippen LogP) is 3.97. The lowest BCUT2D eigenvalue weighted by Gasteiger charge is -2.27. The van der Waals surface area contributed by atoms with Crippen LogP contribution in [0.2, 0.25) is 10.0 Å². The molecule has 1 aliphatic rings. The predicted molar refractivity (Wildman–Crippen MR) is 84.7 cm³/mol. The minimum atomic E-state index is -1.09. The van der Waals surface area contributed by atoms with Crippen LogP contribution in [0.4, 0.5) is 0 Å². The molecule has 1 aromatic rings. The average molecular weight is 346 g/mol. The van der Waals surface area contributed by atoms with Gasteiger partial charge in [-0.2, -0.15) is 0 Å². The molecule has 2 unspecified atom stereocenters. The van der Waals surface area contributed by atoms with Gasteiger partial charge in [-0.15, -0.1) is 5.16 Å². The van der Waals surface area contributed by atoms with Gasteiger partial charge in [-0.3, -0.25) is 0 Å². The maximum Gasteiger partial charge on any atom is 0.341 e. The first-order chi connectivity index (χ1) is 10.3. The Hall–Kier alpha value is -1.46. The zero-order valence-corrected chi connectivity index (χ0v) is 13.8. The second kappa shape index (κ2) is 6.34. The van der Waals surface area contributed by atoms with Crippen LogP contribution in [0.1, 0.15) is 37.3 Å². The molecule has 0 bridgehead atoms. The van der Waals surface area contributed by atoms with E-state index in [2.05, 4.69) is 19.0 Å². The summed E-state index contributed by atoms with van der Waals surface area (Å²) in [5.41, 5.74) is 1.60. The van der Waals surface area contributed by atoms with Crippen LogP contribution in [-0.2, 0) is 11.2 Å². The van der Waals surface area contributed by atoms with E-state index in [-0.39, 0.29) is 22.1 Å². The number of carboxylic acids is 1. The van der Waals surface area contributed by atoms with Gasteiger partial charge in [-0.25, -0.2) is 4.79 Å². The average Bonchev–Trinajstić information content (AvgIpc) is 2.75. The summed E-state index contributed by atoms with van der Waals surface area (Å²) in [7, 11) is 0. The van der Waals surface area contributed by atoms with Crippen LogP contribution in [0.15, 0.2) is 11.2 Å². The van der Waals surface area contributed by atoms with Crippen LogP contribution in [0, 0.1) is 5.41 Å². The van der Waals surface area contributed by atoms with E-state index in [1.165, 1.54) is 6.21 Å². The summed E-state index contributed by atoms with van der Waals surface area (Å²) in [5, 5.41) is 21.3. The summed E-state index contributed by atoms with van der Waals surface area (Å²) in [6.45, 7) is 3.66. The van der Waals surface area contributed by atoms with E-state index < -0.39 is 12.6 Å². The molecule has 2 N–H and O–H groups in total. The minimum Gasteiger partial charge on any atom is -0.480 e. The van der Waals surface area contributed by atoms with E-state index >= 15 is 0 Å². The highest BCUT2D eigenvalue weighted by Crippen LogP contribution is 2.53. The van der Waals surface area contributed by atoms with E-state index in [4.69, 9.17) is 38.3 Å². The van der Waals surface area contributed by atoms with E-state index in [1.54, 1.807) is 6.07 Å². The summed E-state index contributed by atoms with van der Waals surface area (Å²) in [4.78, 5) is 10.6. The lowest BCUT2D eigenvalue weighted by molar-refractivity contribution is -0.139. The van der Waals surface area contributed by atoms with Crippen molar-refractivity contribution >= 4 is 35.4 Å². The van der Waals surface area contributed by atoms with Gasteiger partial charge in [0.2, 0.25) is 0 Å². The van der Waals surface area contributed by atoms with Crippen LogP contribution >= 0.6 is 23.2 Å². The number of aliphatic carboxylic acids is 1. The van der Waals surface area contributed by atoms with Crippen molar-refractivity contribution in [2.24, 2.45) is 10.6 Å². The van der Waals surface area contributed by atoms with E-state index in [0.717, 1.165) is 24.0 Å². The summed E-state index contributed by atoms with van der Waals surface area (Å²) in [6, 6.07) is 1.73. The second-order valence-electron chi connectivity index (χ2n) is 5.68. The van der Waals surface area contributed by atoms with Gasteiger partial charge >= 0.3 is 5.97 Å². The van der Waals surface area contributed by atoms with Gasteiger partial charge in [0.1, 0.15) is 10.8 Å². The third-order valence-electron chi connectivity index (χ3n) is 4.33. The highest BCUT2D eigenvalue weighted by Gasteiger charge is 2.43. The van der Waals surface area contributed by atoms with Gasteiger partial charge in [0.05, 0.1) is 11.2 Å². The molecule has 7 heteroatoms. The molecule has 0 amide bonds. The number of fused-ring (bicyclic) bond motifs is 1. The van der Waals surface area contributed by atoms with Crippen LogP contribution in [-0.4, -0.2) is 29.1 Å². The molecule has 2 atom stereocenters. The lowest BCUT2D eigenvalue weighted by Crippen LogP contribution is -2.22. The molecule has 0 heterocycles. The molecule has 1 aromatic carbocycles. The molecular weight excluding hydrogens is 329 g/mol. The topological polar surface area (TPSA) is 79.1 Å². The number of carboxylic acid groups (broad SMARTS) is 1. The maximum absolute atomic E-state index is 10.6. The van der Waals surface area contributed by atoms with Crippen LogP contribution in [0.5, 0.6) is 5.75 Å². The van der Waals surface area contributed by atoms with Crippen LogP contribution in [0.3, 0.4) is 0 Å². The standard InChI is InChI=1S/C15H17Cl2NO4/c1-3-15(2)5-8-4-10(22-7-11(19)20)13(16)14(17)12(8)9(15)6-18-21/h4,6,9,21H,3,5,7H2,1-2H3,(H,19,20)/b18-6-. The third kappa shape index (κ3) is 2.88. The van der Waals surface area contributed by atoms with Crippen molar-refractivity contribution in [3.05, 3.63) is 27.2 Å². The second-order valence-corrected chi connectivity index (χ2v) is 6.44. The maximum atomic E-state index is 10.6. The zero-order valence-electron chi connectivity index (χ0n) is 12.3. The summed E-state index contributed by atoms with van der Waals surface area (Å²) >= 11 is 12.6. The van der Waals surface area contributed by atoms with Gasteiger partial charge in [-0.05, 0) is 35.4 Å². The Morgan fingerprint density at radius 3 is 2.77 bits per heavy atom. The number of rotatable bonds is 5. The van der Waals surface area contributed by atoms with Crippen molar-refractivity contribution < 1.29 is 19.8 Å². The molecule has 0 radical (unpaired) electrons. The molecule has 5 nitrogen and oxygen atoms in total. The Morgan fingerprint density at radius 2 is 2.23 bits per heavy atom. The molecule has 0 fully saturated rings. The molecule has 1 aliphatic carbocycles. The smallest absolute Gasteiger partial charge is 0.341 e. The Labute approximate surface area is 138 Å². The van der Waals surface area contributed by atoms with Gasteiger partial charge in [0.15, 0.2) is 6.61 Å². The molecule has 0 spiro atoms. The zero-order chi connectivity index (χ0) is 16.5. The Balaban J connectivity index is 2.51. The normalized spacial score (nSPS) is 23.7. The van der Waals surface area contributed by atoms with E-state index in [0.29, 0.717) is 5.02 Å². The number of ether oxygens (including phenoxy) is 1. The fraction of sp³-hybridized carbons (Fsp3) is 0.467. The number of hydrogen-bond donors (Lipinski definition) is 2. The lowest BCUT2D eigenvalue weighted by atomic mass is 9.76. The quantitative estimate of drug-likeness (QED) is 0.480. The molecule has 0 saturated carbocycles. The van der Waals surface area contributed by atoms with Gasteiger partial charge in [-0.1, -0.05) is 37.0 Å². The third-order valence-corrected chi connectivity index (χ3v) is 5.19. The minimum absolute atomic E-state index is 0.146. The van der Waals surface area contributed by atoms with Crippen LogP contribution in [0.25, 0.3) is 0 Å². The van der Waals surface area contributed by atoms with Crippen LogP contribution < -0.4 is 4.74 Å². The molecule has 0 saturated heterocycles. The SMILES string of the molecule is CCC1(C)Cc2cc(OCC(=O)O)c(Cl)c(Cl)c2C1/C=N\O. The fourth-order valence-electron chi connectivity index (χ4n) is 2.95. The first kappa shape index (κ1) is 16.9. The molecule has 0 aliphatic heterocycles. The number of nitrogens with zero attached hydrogens (tertiary/aromatic N) is 1. The molecular formula is C15H17Cl2NO4. The highest BCUT2D eigenvalue weighted by atomic mass is 35.5. The highest BCUT2D eigenvalue weighted by molar-refractivity contribution is 6.43. The summed E-state index contributed by atoms with van der Waals surface area (Å²) in [5.74, 6) is -0.986.